The van der Waals surface area contributed by atoms with Gasteiger partial charge < -0.3 is 24.0 Å². The van der Waals surface area contributed by atoms with Crippen LogP contribution in [0.5, 0.6) is 0 Å². The van der Waals surface area contributed by atoms with Crippen LogP contribution in [0.4, 0.5) is 0 Å². The second kappa shape index (κ2) is 40.7. The maximum Gasteiger partial charge on any atom is 0.472 e. The van der Waals surface area contributed by atoms with Crippen LogP contribution in [-0.2, 0) is 32.7 Å². The van der Waals surface area contributed by atoms with Gasteiger partial charge in [-0.15, -0.1) is 0 Å². The van der Waals surface area contributed by atoms with Crippen molar-refractivity contribution in [2.24, 2.45) is 0 Å². The van der Waals surface area contributed by atoms with Crippen LogP contribution in [0.3, 0.4) is 0 Å². The van der Waals surface area contributed by atoms with Gasteiger partial charge in [-0.3, -0.25) is 18.6 Å². The fourth-order valence-corrected chi connectivity index (χ4v) is 6.03. The maximum absolute atomic E-state index is 12.7. The van der Waals surface area contributed by atoms with E-state index in [1.54, 1.807) is 0 Å². The number of nitrogens with zero attached hydrogens (tertiary/aromatic N) is 1. The third-order valence-corrected chi connectivity index (χ3v) is 9.79. The number of ether oxygens (including phenoxy) is 2. The molecular weight excluding hydrogens is 790 g/mol. The lowest BCUT2D eigenvalue weighted by Crippen LogP contribution is -2.37. The molecule has 0 aliphatic carbocycles. The molecule has 0 saturated heterocycles. The van der Waals surface area contributed by atoms with Gasteiger partial charge in [-0.1, -0.05) is 123 Å². The number of esters is 2. The molecule has 11 heteroatoms. The maximum atomic E-state index is 12.7. The minimum Gasteiger partial charge on any atom is -0.462 e. The summed E-state index contributed by atoms with van der Waals surface area (Å²) in [7, 11) is 1.38. The first-order valence-electron chi connectivity index (χ1n) is 22.6. The molecule has 0 fully saturated rings. The van der Waals surface area contributed by atoms with Crippen LogP contribution in [-0.4, -0.2) is 86.1 Å². The zero-order valence-corrected chi connectivity index (χ0v) is 39.4. The van der Waals surface area contributed by atoms with Gasteiger partial charge in [0.05, 0.1) is 33.9 Å². The molecule has 0 aliphatic heterocycles. The molecule has 0 aliphatic rings. The Hall–Kier alpha value is -3.37. The zero-order valence-electron chi connectivity index (χ0n) is 38.5. The van der Waals surface area contributed by atoms with E-state index in [9.17, 15) is 24.2 Å². The van der Waals surface area contributed by atoms with E-state index in [1.807, 2.05) is 34.1 Å². The Bertz CT molecular complexity index is 1420. The quantitative estimate of drug-likeness (QED) is 0.0204. The smallest absolute Gasteiger partial charge is 0.462 e. The first kappa shape index (κ1) is 57.6. The number of hydrogen-bond donors (Lipinski definition) is 2. The fraction of sp³-hybridized carbons (Fsp3) is 0.600. The number of aliphatic hydroxyl groups excluding tert-OH is 1. The Morgan fingerprint density at radius 3 is 1.49 bits per heavy atom. The number of phosphoric ester groups is 1. The molecule has 0 rings (SSSR count). The van der Waals surface area contributed by atoms with E-state index >= 15 is 0 Å². The predicted molar refractivity (Wildman–Crippen MR) is 253 cm³/mol. The van der Waals surface area contributed by atoms with Gasteiger partial charge in [-0.25, -0.2) is 4.57 Å². The Balaban J connectivity index is 4.53. The lowest BCUT2D eigenvalue weighted by Gasteiger charge is -2.24. The number of rotatable bonds is 39. The number of likely N-dealkylation sites (N-methyl/N-ethyl adjacent to an activating group) is 1. The van der Waals surface area contributed by atoms with Gasteiger partial charge in [-0.2, -0.15) is 0 Å². The van der Waals surface area contributed by atoms with Crippen LogP contribution >= 0.6 is 7.82 Å². The molecule has 10 nitrogen and oxygen atoms in total. The highest BCUT2D eigenvalue weighted by atomic mass is 31.2. The zero-order chi connectivity index (χ0) is 45.1. The summed E-state index contributed by atoms with van der Waals surface area (Å²) in [5.74, 6) is -0.932. The summed E-state index contributed by atoms with van der Waals surface area (Å²) in [5.41, 5.74) is 0. The highest BCUT2D eigenvalue weighted by Gasteiger charge is 2.27. The Morgan fingerprint density at radius 1 is 0.574 bits per heavy atom. The third kappa shape index (κ3) is 46.0. The molecule has 0 bridgehead atoms. The summed E-state index contributed by atoms with van der Waals surface area (Å²) in [4.78, 5) is 35.4. The molecule has 0 radical (unpaired) electrons. The van der Waals surface area contributed by atoms with E-state index in [0.29, 0.717) is 30.3 Å². The minimum atomic E-state index is -4.42. The summed E-state index contributed by atoms with van der Waals surface area (Å²) in [5, 5.41) is 9.28. The minimum absolute atomic E-state index is 0.00328. The highest BCUT2D eigenvalue weighted by Crippen LogP contribution is 2.43. The van der Waals surface area contributed by atoms with Crippen LogP contribution in [0.1, 0.15) is 136 Å². The molecule has 0 spiro atoms. The van der Waals surface area contributed by atoms with Crippen molar-refractivity contribution >= 4 is 19.8 Å². The molecule has 0 heterocycles. The van der Waals surface area contributed by atoms with Gasteiger partial charge in [0.15, 0.2) is 6.10 Å². The second-order valence-electron chi connectivity index (χ2n) is 16.0. The number of unbranched alkanes of at least 4 members (excludes halogenated alkanes) is 5. The van der Waals surface area contributed by atoms with E-state index in [0.717, 1.165) is 89.9 Å². The number of hydrogen-bond acceptors (Lipinski definition) is 8. The summed E-state index contributed by atoms with van der Waals surface area (Å²) in [6, 6.07) is 0. The number of phosphoric acid groups is 1. The average Bonchev–Trinajstić information content (AvgIpc) is 3.20. The summed E-state index contributed by atoms with van der Waals surface area (Å²) in [6.07, 6.45) is 52.8. The first-order chi connectivity index (χ1) is 29.3. The van der Waals surface area contributed by atoms with Crippen LogP contribution in [0.15, 0.2) is 109 Å². The van der Waals surface area contributed by atoms with Crippen molar-refractivity contribution in [2.75, 3.05) is 47.5 Å². The van der Waals surface area contributed by atoms with Crippen LogP contribution < -0.4 is 0 Å². The summed E-state index contributed by atoms with van der Waals surface area (Å²) in [6.45, 7) is 3.71. The van der Waals surface area contributed by atoms with Crippen molar-refractivity contribution in [3.8, 4) is 0 Å². The number of carbonyl (C=O) groups excluding carboxylic acids is 2. The molecule has 61 heavy (non-hydrogen) atoms. The van der Waals surface area contributed by atoms with Gasteiger partial charge >= 0.3 is 19.8 Å². The SMILES string of the molecule is CC/C=C\C/C=C\C/C=C\C/C=C\C/C=C\CCCCCC(=O)OC[C@H](COP(=O)(O)OCC[N+](C)(C)C)OC(=O)CCC/C=C\C/C=C\C/C=C\C/C=C\CCC[C@H](C)O. The van der Waals surface area contributed by atoms with Gasteiger partial charge in [-0.05, 0) is 110 Å². The van der Waals surface area contributed by atoms with Gasteiger partial charge in [0, 0.05) is 12.8 Å². The standard InChI is InChI=1S/C50H82NO9P/c1-6-7-8-9-10-11-12-13-14-15-16-17-20-23-26-29-32-35-38-41-49(53)57-45-48(46-59-61(55,56)58-44-43-51(3,4)5)60-50(54)42-39-36-33-30-27-24-21-18-19-22-25-28-31-34-37-40-47(2)52/h7-8,10-11,13-14,16-17,19,21-24,26,28,30-31,33,47-48,52H,6,9,12,15,18,20,25,27,29,32,34-46H2,1-5H3/p+1/b8-7-,11-10-,14-13-,17-16-,22-19-,24-21-,26-23-,31-28-,33-30-/t47-,48+/m0/s1. The molecule has 346 valence electrons. The predicted octanol–water partition coefficient (Wildman–Crippen LogP) is 12.1. The average molecular weight is 873 g/mol. The molecule has 0 aromatic rings. The van der Waals surface area contributed by atoms with Crippen LogP contribution in [0.25, 0.3) is 0 Å². The first-order valence-corrected chi connectivity index (χ1v) is 24.1. The van der Waals surface area contributed by atoms with Crippen molar-refractivity contribution in [2.45, 2.75) is 148 Å². The summed E-state index contributed by atoms with van der Waals surface area (Å²) < 4.78 is 34.2. The van der Waals surface area contributed by atoms with Gasteiger partial charge in [0.25, 0.3) is 0 Å². The Kier molecular flexibility index (Phi) is 38.4. The fourth-order valence-electron chi connectivity index (χ4n) is 5.28. The molecule has 1 unspecified atom stereocenters. The molecule has 2 N–H and O–H groups in total. The van der Waals surface area contributed by atoms with E-state index in [1.165, 1.54) is 0 Å². The number of carbonyl (C=O) groups is 2. The monoisotopic (exact) mass is 873 g/mol. The van der Waals surface area contributed by atoms with Crippen LogP contribution in [0, 0.1) is 0 Å². The van der Waals surface area contributed by atoms with Crippen molar-refractivity contribution < 1.29 is 47.2 Å². The lowest BCUT2D eigenvalue weighted by atomic mass is 10.1. The van der Waals surface area contributed by atoms with E-state index in [2.05, 4.69) is 110 Å². The normalized spacial score (nSPS) is 15.1. The molecule has 0 saturated carbocycles. The van der Waals surface area contributed by atoms with E-state index in [4.69, 9.17) is 18.5 Å². The molecule has 0 amide bonds. The largest absolute Gasteiger partial charge is 0.472 e. The van der Waals surface area contributed by atoms with Gasteiger partial charge in [0.2, 0.25) is 0 Å². The molecular formula is C50H83NO9P+. The van der Waals surface area contributed by atoms with Gasteiger partial charge in [0.1, 0.15) is 19.8 Å². The van der Waals surface area contributed by atoms with E-state index < -0.39 is 32.5 Å². The van der Waals surface area contributed by atoms with Crippen molar-refractivity contribution in [3.63, 3.8) is 0 Å². The number of quaternary nitrogens is 1. The van der Waals surface area contributed by atoms with E-state index in [-0.39, 0.29) is 32.2 Å². The van der Waals surface area contributed by atoms with Crippen LogP contribution in [0.2, 0.25) is 0 Å². The van der Waals surface area contributed by atoms with Crippen molar-refractivity contribution in [1.29, 1.82) is 0 Å². The second-order valence-corrected chi connectivity index (χ2v) is 17.4. The van der Waals surface area contributed by atoms with Crippen molar-refractivity contribution in [3.05, 3.63) is 109 Å². The lowest BCUT2D eigenvalue weighted by molar-refractivity contribution is -0.870. The van der Waals surface area contributed by atoms with Crippen molar-refractivity contribution in [1.82, 2.24) is 0 Å². The Labute approximate surface area is 370 Å². The molecule has 0 aromatic heterocycles. The Morgan fingerprint density at radius 2 is 1.02 bits per heavy atom. The number of aliphatic hydroxyl groups is 1. The summed E-state index contributed by atoms with van der Waals surface area (Å²) >= 11 is 0. The third-order valence-electron chi connectivity index (χ3n) is 8.81. The molecule has 0 aromatic carbocycles. The topological polar surface area (TPSA) is 129 Å². The molecule has 3 atom stereocenters. The highest BCUT2D eigenvalue weighted by molar-refractivity contribution is 7.47. The number of allylic oxidation sites excluding steroid dienone is 18.